The Morgan fingerprint density at radius 3 is 2.40 bits per heavy atom. The second-order valence-corrected chi connectivity index (χ2v) is 4.08. The van der Waals surface area contributed by atoms with Crippen LogP contribution in [0.1, 0.15) is 19.8 Å². The molecular weight excluding hydrogens is 196 g/mol. The van der Waals surface area contributed by atoms with Gasteiger partial charge in [-0.1, -0.05) is 18.2 Å². The third-order valence-corrected chi connectivity index (χ3v) is 2.99. The first-order chi connectivity index (χ1) is 6.82. The maximum atomic E-state index is 9.23. The van der Waals surface area contributed by atoms with Crippen molar-refractivity contribution in [3.63, 3.8) is 0 Å². The van der Waals surface area contributed by atoms with Crippen LogP contribution in [-0.2, 0) is 4.74 Å². The lowest BCUT2D eigenvalue weighted by molar-refractivity contribution is -0.384. The van der Waals surface area contributed by atoms with Gasteiger partial charge in [0.25, 0.3) is 0 Å². The Labute approximate surface area is 89.5 Å². The summed E-state index contributed by atoms with van der Waals surface area (Å²) in [4.78, 5) is 0. The smallest absolute Gasteiger partial charge is 0.310 e. The van der Waals surface area contributed by atoms with Gasteiger partial charge in [0.05, 0.1) is 0 Å². The number of ether oxygens (including phenoxy) is 1. The van der Waals surface area contributed by atoms with Crippen molar-refractivity contribution in [3.05, 3.63) is 24.3 Å². The monoisotopic (exact) mass is 214 g/mol. The van der Waals surface area contributed by atoms with E-state index in [1.54, 1.807) is 6.08 Å². The third-order valence-electron chi connectivity index (χ3n) is 2.99. The molecule has 0 aromatic heterocycles. The van der Waals surface area contributed by atoms with Crippen LogP contribution in [0, 0.1) is 5.92 Å². The van der Waals surface area contributed by atoms with E-state index in [0.717, 1.165) is 5.57 Å². The standard InChI is InChI=1S/C11H18O4/c1-8(2)9-4-6-10(15-3,7-5-9)11(12,13)14/h4,6,9,12-14H,1,5,7H2,2-3H3. The topological polar surface area (TPSA) is 69.9 Å². The van der Waals surface area contributed by atoms with Crippen molar-refractivity contribution in [3.8, 4) is 0 Å². The van der Waals surface area contributed by atoms with Gasteiger partial charge in [-0.05, 0) is 31.8 Å². The predicted molar refractivity (Wildman–Crippen MR) is 55.8 cm³/mol. The van der Waals surface area contributed by atoms with E-state index < -0.39 is 11.6 Å². The van der Waals surface area contributed by atoms with E-state index in [1.807, 2.05) is 6.92 Å². The number of aliphatic hydroxyl groups is 3. The fourth-order valence-electron chi connectivity index (χ4n) is 1.82. The molecule has 0 saturated heterocycles. The Morgan fingerprint density at radius 2 is 2.13 bits per heavy atom. The Hall–Kier alpha value is -0.680. The minimum Gasteiger partial charge on any atom is -0.366 e. The van der Waals surface area contributed by atoms with Gasteiger partial charge in [-0.2, -0.15) is 0 Å². The molecule has 4 nitrogen and oxygen atoms in total. The van der Waals surface area contributed by atoms with Crippen LogP contribution < -0.4 is 0 Å². The lowest BCUT2D eigenvalue weighted by Gasteiger charge is -2.39. The summed E-state index contributed by atoms with van der Waals surface area (Å²) in [5.41, 5.74) is -0.422. The summed E-state index contributed by atoms with van der Waals surface area (Å²) in [6.07, 6.45) is 4.28. The van der Waals surface area contributed by atoms with Crippen LogP contribution in [0.5, 0.6) is 0 Å². The van der Waals surface area contributed by atoms with Crippen LogP contribution in [0.2, 0.25) is 0 Å². The van der Waals surface area contributed by atoms with Gasteiger partial charge in [0.2, 0.25) is 0 Å². The number of methoxy groups -OCH3 is 1. The highest BCUT2D eigenvalue weighted by atomic mass is 16.7. The minimum absolute atomic E-state index is 0.204. The van der Waals surface area contributed by atoms with Crippen molar-refractivity contribution in [2.24, 2.45) is 5.92 Å². The highest BCUT2D eigenvalue weighted by Gasteiger charge is 2.48. The largest absolute Gasteiger partial charge is 0.366 e. The number of rotatable bonds is 3. The third kappa shape index (κ3) is 2.29. The van der Waals surface area contributed by atoms with Gasteiger partial charge < -0.3 is 20.1 Å². The predicted octanol–water partition coefficient (Wildman–Crippen LogP) is 0.545. The fraction of sp³-hybridized carbons (Fsp3) is 0.636. The van der Waals surface area contributed by atoms with Gasteiger partial charge >= 0.3 is 5.97 Å². The zero-order valence-electron chi connectivity index (χ0n) is 9.10. The lowest BCUT2D eigenvalue weighted by Crippen LogP contribution is -2.55. The summed E-state index contributed by atoms with van der Waals surface area (Å²) in [5, 5.41) is 27.7. The second-order valence-electron chi connectivity index (χ2n) is 4.08. The summed E-state index contributed by atoms with van der Waals surface area (Å²) in [7, 11) is 1.34. The van der Waals surface area contributed by atoms with Crippen molar-refractivity contribution in [1.82, 2.24) is 0 Å². The molecule has 3 N–H and O–H groups in total. The van der Waals surface area contributed by atoms with Gasteiger partial charge in [-0.15, -0.1) is 0 Å². The summed E-state index contributed by atoms with van der Waals surface area (Å²) in [6, 6.07) is 0. The molecule has 0 fully saturated rings. The SMILES string of the molecule is C=C(C)C1C=CC(OC)(C(O)(O)O)CC1. The van der Waals surface area contributed by atoms with Crippen LogP contribution in [0.4, 0.5) is 0 Å². The van der Waals surface area contributed by atoms with Crippen LogP contribution in [0.25, 0.3) is 0 Å². The normalized spacial score (nSPS) is 31.7. The molecule has 0 aromatic rings. The molecule has 0 heterocycles. The van der Waals surface area contributed by atoms with Crippen molar-refractivity contribution >= 4 is 0 Å². The Balaban J connectivity index is 2.91. The first kappa shape index (κ1) is 12.4. The molecule has 0 saturated carbocycles. The van der Waals surface area contributed by atoms with E-state index in [1.165, 1.54) is 13.2 Å². The van der Waals surface area contributed by atoms with Crippen molar-refractivity contribution in [2.75, 3.05) is 7.11 Å². The summed E-state index contributed by atoms with van der Waals surface area (Å²) >= 11 is 0. The second kappa shape index (κ2) is 4.06. The van der Waals surface area contributed by atoms with Crippen LogP contribution in [0.15, 0.2) is 24.3 Å². The molecular formula is C11H18O4. The van der Waals surface area contributed by atoms with Crippen LogP contribution in [-0.4, -0.2) is 34.0 Å². The van der Waals surface area contributed by atoms with Gasteiger partial charge in [-0.25, -0.2) is 0 Å². The molecule has 2 unspecified atom stereocenters. The van der Waals surface area contributed by atoms with Crippen molar-refractivity contribution < 1.29 is 20.1 Å². The molecule has 1 aliphatic rings. The van der Waals surface area contributed by atoms with Gasteiger partial charge in [0.1, 0.15) is 0 Å². The summed E-state index contributed by atoms with van der Waals surface area (Å²) in [5.74, 6) is -2.64. The first-order valence-corrected chi connectivity index (χ1v) is 4.89. The molecule has 1 aliphatic carbocycles. The molecule has 0 amide bonds. The highest BCUT2D eigenvalue weighted by molar-refractivity contribution is 5.18. The van der Waals surface area contributed by atoms with E-state index in [-0.39, 0.29) is 5.92 Å². The summed E-state index contributed by atoms with van der Waals surface area (Å²) < 4.78 is 5.00. The molecule has 1 rings (SSSR count). The number of hydrogen-bond acceptors (Lipinski definition) is 4. The molecule has 0 radical (unpaired) electrons. The van der Waals surface area contributed by atoms with E-state index in [4.69, 9.17) is 4.74 Å². The van der Waals surface area contributed by atoms with E-state index in [0.29, 0.717) is 12.8 Å². The average Bonchev–Trinajstić information content (AvgIpc) is 2.16. The Bertz CT molecular complexity index is 277. The quantitative estimate of drug-likeness (QED) is 0.474. The highest BCUT2D eigenvalue weighted by Crippen LogP contribution is 2.36. The zero-order chi connectivity index (χ0) is 11.7. The molecule has 0 spiro atoms. The molecule has 0 aromatic carbocycles. The van der Waals surface area contributed by atoms with E-state index >= 15 is 0 Å². The summed E-state index contributed by atoms with van der Waals surface area (Å²) in [6.45, 7) is 5.75. The average molecular weight is 214 g/mol. The molecule has 4 heteroatoms. The van der Waals surface area contributed by atoms with Crippen LogP contribution in [0.3, 0.4) is 0 Å². The van der Waals surface area contributed by atoms with E-state index in [9.17, 15) is 15.3 Å². The molecule has 86 valence electrons. The molecule has 2 atom stereocenters. The van der Waals surface area contributed by atoms with Crippen LogP contribution >= 0.6 is 0 Å². The number of allylic oxidation sites excluding steroid dienone is 2. The Morgan fingerprint density at radius 1 is 1.53 bits per heavy atom. The fourth-order valence-corrected chi connectivity index (χ4v) is 1.82. The molecule has 0 bridgehead atoms. The Kier molecular flexibility index (Phi) is 3.35. The molecule has 0 aliphatic heterocycles. The van der Waals surface area contributed by atoms with E-state index in [2.05, 4.69) is 6.58 Å². The van der Waals surface area contributed by atoms with Gasteiger partial charge in [0.15, 0.2) is 5.60 Å². The van der Waals surface area contributed by atoms with Crippen molar-refractivity contribution in [1.29, 1.82) is 0 Å². The number of hydrogen-bond donors (Lipinski definition) is 3. The van der Waals surface area contributed by atoms with Gasteiger partial charge in [0, 0.05) is 7.11 Å². The maximum Gasteiger partial charge on any atom is 0.310 e. The minimum atomic E-state index is -2.85. The molecule has 15 heavy (non-hydrogen) atoms. The first-order valence-electron chi connectivity index (χ1n) is 4.89. The lowest BCUT2D eigenvalue weighted by atomic mass is 9.81. The van der Waals surface area contributed by atoms with Crippen molar-refractivity contribution in [2.45, 2.75) is 31.3 Å². The van der Waals surface area contributed by atoms with Gasteiger partial charge in [-0.3, -0.25) is 0 Å². The zero-order valence-corrected chi connectivity index (χ0v) is 9.10. The maximum absolute atomic E-state index is 9.23.